The van der Waals surface area contributed by atoms with Crippen molar-refractivity contribution in [2.45, 2.75) is 51.0 Å². The van der Waals surface area contributed by atoms with Gasteiger partial charge in [0.25, 0.3) is 0 Å². The third kappa shape index (κ3) is 2.53. The van der Waals surface area contributed by atoms with Gasteiger partial charge in [-0.1, -0.05) is 12.8 Å². The van der Waals surface area contributed by atoms with Crippen molar-refractivity contribution in [1.82, 2.24) is 5.32 Å². The van der Waals surface area contributed by atoms with Crippen molar-refractivity contribution in [1.29, 1.82) is 0 Å². The SMILES string of the molecule is CNC(CC1CCOCC1)C1C2CCCCC21. The zero-order valence-electron chi connectivity index (χ0n) is 11.2. The lowest BCUT2D eigenvalue weighted by atomic mass is 9.90. The Balaban J connectivity index is 1.52. The molecule has 2 nitrogen and oxygen atoms in total. The summed E-state index contributed by atoms with van der Waals surface area (Å²) in [7, 11) is 2.17. The summed E-state index contributed by atoms with van der Waals surface area (Å²) in [6, 6.07) is 0.797. The smallest absolute Gasteiger partial charge is 0.0468 e. The average molecular weight is 237 g/mol. The lowest BCUT2D eigenvalue weighted by Gasteiger charge is -2.27. The first kappa shape index (κ1) is 12.0. The fourth-order valence-corrected chi connectivity index (χ4v) is 4.45. The van der Waals surface area contributed by atoms with Crippen LogP contribution < -0.4 is 5.32 Å². The van der Waals surface area contributed by atoms with Gasteiger partial charge in [0.1, 0.15) is 0 Å². The van der Waals surface area contributed by atoms with Crippen LogP contribution in [0.2, 0.25) is 0 Å². The lowest BCUT2D eigenvalue weighted by molar-refractivity contribution is 0.0596. The lowest BCUT2D eigenvalue weighted by Crippen LogP contribution is -2.32. The third-order valence-electron chi connectivity index (χ3n) is 5.49. The summed E-state index contributed by atoms with van der Waals surface area (Å²) >= 11 is 0. The Hall–Kier alpha value is -0.0800. The molecule has 0 aromatic carbocycles. The molecule has 2 heteroatoms. The number of hydrogen-bond donors (Lipinski definition) is 1. The van der Waals surface area contributed by atoms with Crippen LogP contribution in [0.25, 0.3) is 0 Å². The molecular weight excluding hydrogens is 210 g/mol. The van der Waals surface area contributed by atoms with Crippen molar-refractivity contribution in [3.05, 3.63) is 0 Å². The van der Waals surface area contributed by atoms with E-state index in [-0.39, 0.29) is 0 Å². The maximum absolute atomic E-state index is 5.47. The Kier molecular flexibility index (Phi) is 3.72. The van der Waals surface area contributed by atoms with E-state index in [1.807, 2.05) is 0 Å². The van der Waals surface area contributed by atoms with E-state index in [0.29, 0.717) is 0 Å². The maximum atomic E-state index is 5.47. The van der Waals surface area contributed by atoms with Gasteiger partial charge in [0.2, 0.25) is 0 Å². The average Bonchev–Trinajstić information content (AvgIpc) is 3.11. The summed E-state index contributed by atoms with van der Waals surface area (Å²) in [6.45, 7) is 2.00. The molecule has 0 spiro atoms. The van der Waals surface area contributed by atoms with Crippen LogP contribution in [-0.4, -0.2) is 26.3 Å². The molecule has 3 aliphatic rings. The fraction of sp³-hybridized carbons (Fsp3) is 1.00. The van der Waals surface area contributed by atoms with E-state index >= 15 is 0 Å². The summed E-state index contributed by atoms with van der Waals surface area (Å²) in [6.07, 6.45) is 10.00. The van der Waals surface area contributed by atoms with Gasteiger partial charge in [-0.25, -0.2) is 0 Å². The number of fused-ring (bicyclic) bond motifs is 1. The minimum Gasteiger partial charge on any atom is -0.381 e. The maximum Gasteiger partial charge on any atom is 0.0468 e. The van der Waals surface area contributed by atoms with E-state index in [4.69, 9.17) is 4.74 Å². The molecule has 0 bridgehead atoms. The number of nitrogens with one attached hydrogen (secondary N) is 1. The molecule has 0 amide bonds. The Morgan fingerprint density at radius 2 is 1.71 bits per heavy atom. The van der Waals surface area contributed by atoms with Gasteiger partial charge >= 0.3 is 0 Å². The fourth-order valence-electron chi connectivity index (χ4n) is 4.45. The van der Waals surface area contributed by atoms with Crippen molar-refractivity contribution in [3.8, 4) is 0 Å². The molecular formula is C15H27NO. The zero-order valence-corrected chi connectivity index (χ0v) is 11.2. The van der Waals surface area contributed by atoms with Gasteiger partial charge in [0, 0.05) is 19.3 Å². The van der Waals surface area contributed by atoms with Crippen molar-refractivity contribution >= 4 is 0 Å². The Bertz CT molecular complexity index is 237. The predicted molar refractivity (Wildman–Crippen MR) is 69.9 cm³/mol. The van der Waals surface area contributed by atoms with Crippen LogP contribution in [0.3, 0.4) is 0 Å². The highest BCUT2D eigenvalue weighted by Gasteiger charge is 2.53. The monoisotopic (exact) mass is 237 g/mol. The van der Waals surface area contributed by atoms with Crippen molar-refractivity contribution in [2.24, 2.45) is 23.7 Å². The van der Waals surface area contributed by atoms with E-state index in [2.05, 4.69) is 12.4 Å². The van der Waals surface area contributed by atoms with Crippen molar-refractivity contribution in [2.75, 3.05) is 20.3 Å². The van der Waals surface area contributed by atoms with Gasteiger partial charge in [0.05, 0.1) is 0 Å². The van der Waals surface area contributed by atoms with Crippen LogP contribution in [-0.2, 0) is 4.74 Å². The van der Waals surface area contributed by atoms with Gasteiger partial charge in [0.15, 0.2) is 0 Å². The molecule has 1 aliphatic heterocycles. The van der Waals surface area contributed by atoms with Crippen molar-refractivity contribution in [3.63, 3.8) is 0 Å². The Morgan fingerprint density at radius 3 is 2.29 bits per heavy atom. The molecule has 98 valence electrons. The number of rotatable bonds is 4. The molecule has 1 N–H and O–H groups in total. The van der Waals surface area contributed by atoms with Crippen LogP contribution in [0, 0.1) is 23.7 Å². The van der Waals surface area contributed by atoms with Gasteiger partial charge in [-0.15, -0.1) is 0 Å². The molecule has 3 rings (SSSR count). The standard InChI is InChI=1S/C15H27NO/c1-16-14(10-11-6-8-17-9-7-11)15-12-4-2-3-5-13(12)15/h11-16H,2-10H2,1H3. The van der Waals surface area contributed by atoms with Crippen molar-refractivity contribution < 1.29 is 4.74 Å². The molecule has 17 heavy (non-hydrogen) atoms. The van der Waals surface area contributed by atoms with Crippen LogP contribution >= 0.6 is 0 Å². The van der Waals surface area contributed by atoms with Gasteiger partial charge in [-0.05, 0) is 62.8 Å². The molecule has 2 saturated carbocycles. The minimum absolute atomic E-state index is 0.797. The zero-order chi connectivity index (χ0) is 11.7. The molecule has 3 fully saturated rings. The van der Waals surface area contributed by atoms with Crippen LogP contribution in [0.4, 0.5) is 0 Å². The van der Waals surface area contributed by atoms with E-state index in [1.54, 1.807) is 0 Å². The Labute approximate surface area is 105 Å². The Morgan fingerprint density at radius 1 is 1.06 bits per heavy atom. The molecule has 3 atom stereocenters. The molecule has 3 unspecified atom stereocenters. The highest BCUT2D eigenvalue weighted by Crippen LogP contribution is 2.57. The van der Waals surface area contributed by atoms with E-state index < -0.39 is 0 Å². The summed E-state index contributed by atoms with van der Waals surface area (Å²) in [5, 5.41) is 3.63. The van der Waals surface area contributed by atoms with E-state index in [9.17, 15) is 0 Å². The van der Waals surface area contributed by atoms with Crippen LogP contribution in [0.1, 0.15) is 44.9 Å². The quantitative estimate of drug-likeness (QED) is 0.812. The van der Waals surface area contributed by atoms with Crippen LogP contribution in [0.15, 0.2) is 0 Å². The third-order valence-corrected chi connectivity index (χ3v) is 5.49. The normalized spacial score (nSPS) is 39.7. The largest absolute Gasteiger partial charge is 0.381 e. The summed E-state index contributed by atoms with van der Waals surface area (Å²) in [4.78, 5) is 0. The molecule has 0 aromatic heterocycles. The first-order valence-corrected chi connectivity index (χ1v) is 7.65. The minimum atomic E-state index is 0.797. The number of ether oxygens (including phenoxy) is 1. The highest BCUT2D eigenvalue weighted by atomic mass is 16.5. The van der Waals surface area contributed by atoms with E-state index in [1.165, 1.54) is 44.9 Å². The van der Waals surface area contributed by atoms with Gasteiger partial charge < -0.3 is 10.1 Å². The second kappa shape index (κ2) is 5.27. The highest BCUT2D eigenvalue weighted by molar-refractivity contribution is 5.04. The molecule has 0 aromatic rings. The summed E-state index contributed by atoms with van der Waals surface area (Å²) < 4.78 is 5.47. The molecule has 0 radical (unpaired) electrons. The van der Waals surface area contributed by atoms with Crippen LogP contribution in [0.5, 0.6) is 0 Å². The number of hydrogen-bond acceptors (Lipinski definition) is 2. The van der Waals surface area contributed by atoms with Gasteiger partial charge in [-0.3, -0.25) is 0 Å². The topological polar surface area (TPSA) is 21.3 Å². The molecule has 1 saturated heterocycles. The first-order valence-electron chi connectivity index (χ1n) is 7.65. The molecule has 1 heterocycles. The second-order valence-corrected chi connectivity index (χ2v) is 6.38. The second-order valence-electron chi connectivity index (χ2n) is 6.38. The van der Waals surface area contributed by atoms with E-state index in [0.717, 1.165) is 42.9 Å². The predicted octanol–water partition coefficient (Wildman–Crippen LogP) is 2.83. The first-order chi connectivity index (χ1) is 8.40. The summed E-state index contributed by atoms with van der Waals surface area (Å²) in [5.74, 6) is 4.11. The summed E-state index contributed by atoms with van der Waals surface area (Å²) in [5.41, 5.74) is 0. The van der Waals surface area contributed by atoms with Gasteiger partial charge in [-0.2, -0.15) is 0 Å². The molecule has 2 aliphatic carbocycles.